The van der Waals surface area contributed by atoms with Gasteiger partial charge in [0.2, 0.25) is 0 Å². The van der Waals surface area contributed by atoms with Crippen LogP contribution in [0.2, 0.25) is 0 Å². The van der Waals surface area contributed by atoms with Crippen molar-refractivity contribution >= 4 is 16.9 Å². The van der Waals surface area contributed by atoms with E-state index < -0.39 is 5.97 Å². The van der Waals surface area contributed by atoms with E-state index in [1.54, 1.807) is 25.3 Å². The number of H-pyrrole nitrogens is 1. The summed E-state index contributed by atoms with van der Waals surface area (Å²) in [5, 5.41) is 0.789. The maximum Gasteiger partial charge on any atom is 0.354 e. The van der Waals surface area contributed by atoms with E-state index >= 15 is 0 Å². The molecule has 0 saturated heterocycles. The largest absolute Gasteiger partial charge is 0.483 e. The van der Waals surface area contributed by atoms with E-state index in [0.29, 0.717) is 29.3 Å². The summed E-state index contributed by atoms with van der Waals surface area (Å²) in [5.41, 5.74) is 2.21. The zero-order chi connectivity index (χ0) is 21.1. The number of aromatic amines is 1. The van der Waals surface area contributed by atoms with Crippen molar-refractivity contribution in [3.05, 3.63) is 71.9 Å². The molecule has 0 aliphatic rings. The van der Waals surface area contributed by atoms with Gasteiger partial charge in [-0.2, -0.15) is 0 Å². The maximum atomic E-state index is 12.2. The van der Waals surface area contributed by atoms with Crippen LogP contribution in [0.1, 0.15) is 28.8 Å². The van der Waals surface area contributed by atoms with Crippen LogP contribution in [-0.2, 0) is 18.4 Å². The van der Waals surface area contributed by atoms with Gasteiger partial charge in [0.1, 0.15) is 35.4 Å². The Labute approximate surface area is 174 Å². The zero-order valence-corrected chi connectivity index (χ0v) is 17.1. The highest BCUT2D eigenvalue weighted by atomic mass is 16.5. The number of hydrogen-bond acceptors (Lipinski definition) is 5. The molecule has 0 aliphatic carbocycles. The highest BCUT2D eigenvalue weighted by molar-refractivity contribution is 5.97. The predicted molar refractivity (Wildman–Crippen MR) is 113 cm³/mol. The number of hydrogen-bond donors (Lipinski definition) is 1. The number of nitrogens with zero attached hydrogens (tertiary/aromatic N) is 2. The fourth-order valence-corrected chi connectivity index (χ4v) is 3.10. The number of carbonyl (C=O) groups excluding carboxylic acids is 1. The first-order valence-electron chi connectivity index (χ1n) is 9.71. The number of carbonyl (C=O) groups is 1. The smallest absolute Gasteiger partial charge is 0.354 e. The Morgan fingerprint density at radius 1 is 1.13 bits per heavy atom. The number of aryl methyl sites for hydroxylation is 2. The van der Waals surface area contributed by atoms with Crippen molar-refractivity contribution in [2.45, 2.75) is 20.5 Å². The van der Waals surface area contributed by atoms with Gasteiger partial charge in [-0.15, -0.1) is 0 Å². The topological polar surface area (TPSA) is 78.4 Å². The molecule has 0 radical (unpaired) electrons. The third kappa shape index (κ3) is 4.15. The SMILES string of the molecule is CCOC(=O)c1cc2cc(Oc3ccc(C)cc3)cc(OCc3nccn3C)c2[nH]1. The summed E-state index contributed by atoms with van der Waals surface area (Å²) in [6.45, 7) is 4.38. The van der Waals surface area contributed by atoms with Gasteiger partial charge < -0.3 is 23.8 Å². The van der Waals surface area contributed by atoms with Crippen LogP contribution in [0.3, 0.4) is 0 Å². The summed E-state index contributed by atoms with van der Waals surface area (Å²) < 4.78 is 19.1. The molecule has 4 rings (SSSR count). The molecule has 1 N–H and O–H groups in total. The summed E-state index contributed by atoms with van der Waals surface area (Å²) in [7, 11) is 1.91. The van der Waals surface area contributed by atoms with Gasteiger partial charge in [-0.3, -0.25) is 0 Å². The van der Waals surface area contributed by atoms with Gasteiger partial charge >= 0.3 is 5.97 Å². The van der Waals surface area contributed by atoms with Crippen molar-refractivity contribution in [3.8, 4) is 17.2 Å². The predicted octanol–water partition coefficient (Wildman–Crippen LogP) is 4.76. The van der Waals surface area contributed by atoms with Crippen LogP contribution < -0.4 is 9.47 Å². The van der Waals surface area contributed by atoms with Gasteiger partial charge in [0.15, 0.2) is 0 Å². The molecule has 0 unspecified atom stereocenters. The zero-order valence-electron chi connectivity index (χ0n) is 17.1. The molecule has 0 fully saturated rings. The second kappa shape index (κ2) is 8.32. The Kier molecular flexibility index (Phi) is 5.43. The summed E-state index contributed by atoms with van der Waals surface area (Å²) >= 11 is 0. The van der Waals surface area contributed by atoms with E-state index in [1.807, 2.05) is 55.1 Å². The minimum Gasteiger partial charge on any atom is -0.483 e. The maximum absolute atomic E-state index is 12.2. The van der Waals surface area contributed by atoms with E-state index in [1.165, 1.54) is 0 Å². The van der Waals surface area contributed by atoms with E-state index in [2.05, 4.69) is 9.97 Å². The number of benzene rings is 2. The molecule has 7 nitrogen and oxygen atoms in total. The van der Waals surface area contributed by atoms with Gasteiger partial charge in [0, 0.05) is 30.9 Å². The van der Waals surface area contributed by atoms with E-state index in [-0.39, 0.29) is 6.61 Å². The monoisotopic (exact) mass is 405 g/mol. The fourth-order valence-electron chi connectivity index (χ4n) is 3.10. The normalized spacial score (nSPS) is 10.9. The van der Waals surface area contributed by atoms with Crippen LogP contribution in [0.5, 0.6) is 17.2 Å². The molecule has 4 aromatic rings. The Morgan fingerprint density at radius 3 is 2.63 bits per heavy atom. The van der Waals surface area contributed by atoms with Gasteiger partial charge in [0.05, 0.1) is 12.1 Å². The van der Waals surface area contributed by atoms with Crippen LogP contribution in [-0.4, -0.2) is 27.1 Å². The van der Waals surface area contributed by atoms with Gasteiger partial charge in [0.25, 0.3) is 0 Å². The van der Waals surface area contributed by atoms with Crippen LogP contribution in [0.15, 0.2) is 54.9 Å². The molecule has 7 heteroatoms. The van der Waals surface area contributed by atoms with Crippen molar-refractivity contribution in [1.29, 1.82) is 0 Å². The second-order valence-corrected chi connectivity index (χ2v) is 6.95. The van der Waals surface area contributed by atoms with Crippen molar-refractivity contribution in [1.82, 2.24) is 14.5 Å². The molecule has 0 aliphatic heterocycles. The fraction of sp³-hybridized carbons (Fsp3) is 0.217. The number of fused-ring (bicyclic) bond motifs is 1. The van der Waals surface area contributed by atoms with E-state index in [4.69, 9.17) is 14.2 Å². The Morgan fingerprint density at radius 2 is 1.93 bits per heavy atom. The van der Waals surface area contributed by atoms with Crippen LogP contribution >= 0.6 is 0 Å². The quantitative estimate of drug-likeness (QED) is 0.449. The molecule has 0 amide bonds. The third-order valence-electron chi connectivity index (χ3n) is 4.70. The average molecular weight is 405 g/mol. The number of ether oxygens (including phenoxy) is 3. The molecule has 0 bridgehead atoms. The minimum atomic E-state index is -0.412. The highest BCUT2D eigenvalue weighted by Crippen LogP contribution is 2.34. The van der Waals surface area contributed by atoms with Crippen LogP contribution in [0.25, 0.3) is 10.9 Å². The lowest BCUT2D eigenvalue weighted by molar-refractivity contribution is 0.0520. The van der Waals surface area contributed by atoms with Gasteiger partial charge in [-0.05, 0) is 38.1 Å². The molecular weight excluding hydrogens is 382 g/mol. The van der Waals surface area contributed by atoms with Crippen molar-refractivity contribution in [2.75, 3.05) is 6.61 Å². The Hall–Kier alpha value is -3.74. The molecule has 0 saturated carbocycles. The lowest BCUT2D eigenvalue weighted by Gasteiger charge is -2.11. The molecular formula is C23H23N3O4. The molecule has 0 spiro atoms. The summed E-state index contributed by atoms with van der Waals surface area (Å²) in [5.74, 6) is 2.26. The number of nitrogens with one attached hydrogen (secondary N) is 1. The van der Waals surface area contributed by atoms with Gasteiger partial charge in [-0.1, -0.05) is 17.7 Å². The molecule has 2 aromatic carbocycles. The van der Waals surface area contributed by atoms with E-state index in [9.17, 15) is 4.79 Å². The second-order valence-electron chi connectivity index (χ2n) is 6.95. The number of imidazole rings is 1. The molecule has 2 heterocycles. The van der Waals surface area contributed by atoms with Crippen molar-refractivity contribution in [3.63, 3.8) is 0 Å². The average Bonchev–Trinajstić information content (AvgIpc) is 3.34. The first-order valence-corrected chi connectivity index (χ1v) is 9.71. The lowest BCUT2D eigenvalue weighted by atomic mass is 10.2. The third-order valence-corrected chi connectivity index (χ3v) is 4.70. The van der Waals surface area contributed by atoms with Crippen LogP contribution in [0, 0.1) is 6.92 Å². The van der Waals surface area contributed by atoms with Crippen molar-refractivity contribution < 1.29 is 19.0 Å². The highest BCUT2D eigenvalue weighted by Gasteiger charge is 2.16. The standard InChI is InChI=1S/C23H23N3O4/c1-4-28-23(27)19-12-16-11-18(30-17-7-5-15(2)6-8-17)13-20(22(16)25-19)29-14-21-24-9-10-26(21)3/h5-13,25H,4,14H2,1-3H3. The number of rotatable bonds is 7. The summed E-state index contributed by atoms with van der Waals surface area (Å²) in [4.78, 5) is 19.6. The number of esters is 1. The molecule has 154 valence electrons. The minimum absolute atomic E-state index is 0.278. The first kappa shape index (κ1) is 19.6. The van der Waals surface area contributed by atoms with Crippen molar-refractivity contribution in [2.24, 2.45) is 7.05 Å². The molecule has 30 heavy (non-hydrogen) atoms. The molecule has 0 atom stereocenters. The van der Waals surface area contributed by atoms with E-state index in [0.717, 1.165) is 22.5 Å². The number of aromatic nitrogens is 3. The first-order chi connectivity index (χ1) is 14.5. The lowest BCUT2D eigenvalue weighted by Crippen LogP contribution is -2.05. The summed E-state index contributed by atoms with van der Waals surface area (Å²) in [6.07, 6.45) is 3.58. The Bertz CT molecular complexity index is 1180. The van der Waals surface area contributed by atoms with Crippen LogP contribution in [0.4, 0.5) is 0 Å². The molecule has 2 aromatic heterocycles. The van der Waals surface area contributed by atoms with Gasteiger partial charge in [-0.25, -0.2) is 9.78 Å². The summed E-state index contributed by atoms with van der Waals surface area (Å²) in [6, 6.07) is 13.2. The Balaban J connectivity index is 1.69.